The molecule has 0 spiro atoms. The van der Waals surface area contributed by atoms with Gasteiger partial charge in [0, 0.05) is 11.5 Å². The van der Waals surface area contributed by atoms with Crippen molar-refractivity contribution in [2.24, 2.45) is 0 Å². The molecule has 2 rings (SSSR count). The van der Waals surface area contributed by atoms with E-state index in [0.29, 0.717) is 0 Å². The smallest absolute Gasteiger partial charge is 0.170 e. The Kier molecular flexibility index (Phi) is 7.06. The third kappa shape index (κ3) is 5.06. The Morgan fingerprint density at radius 3 is 2.17 bits per heavy atom. The second kappa shape index (κ2) is 9.29. The van der Waals surface area contributed by atoms with Crippen LogP contribution in [0.2, 0.25) is 0 Å². The Balaban J connectivity index is 2.01. The first-order chi connectivity index (χ1) is 11.3. The van der Waals surface area contributed by atoms with Gasteiger partial charge in [-0.2, -0.15) is 0 Å². The highest BCUT2D eigenvalue weighted by Crippen LogP contribution is 2.24. The van der Waals surface area contributed by atoms with Gasteiger partial charge in [-0.3, -0.25) is 4.79 Å². The first-order valence-electron chi connectivity index (χ1n) is 8.94. The molecule has 0 aromatic heterocycles. The van der Waals surface area contributed by atoms with Crippen LogP contribution in [-0.2, 0) is 6.42 Å². The van der Waals surface area contributed by atoms with Gasteiger partial charge < -0.3 is 0 Å². The SMILES string of the molecule is CCCCCCc1ccc(C(=O)C(CC)c2ccccc2)cc1. The fourth-order valence-electron chi connectivity index (χ4n) is 3.05. The summed E-state index contributed by atoms with van der Waals surface area (Å²) in [6.07, 6.45) is 7.06. The van der Waals surface area contributed by atoms with E-state index in [2.05, 4.69) is 26.0 Å². The summed E-state index contributed by atoms with van der Waals surface area (Å²) < 4.78 is 0. The summed E-state index contributed by atoms with van der Waals surface area (Å²) in [5, 5.41) is 0. The second-order valence-corrected chi connectivity index (χ2v) is 6.24. The molecule has 0 heterocycles. The number of hydrogen-bond acceptors (Lipinski definition) is 1. The van der Waals surface area contributed by atoms with Gasteiger partial charge in [0.05, 0.1) is 0 Å². The van der Waals surface area contributed by atoms with Crippen LogP contribution in [0.15, 0.2) is 54.6 Å². The van der Waals surface area contributed by atoms with E-state index in [1.54, 1.807) is 0 Å². The minimum Gasteiger partial charge on any atom is -0.293 e. The molecule has 0 amide bonds. The van der Waals surface area contributed by atoms with Crippen LogP contribution in [0, 0.1) is 0 Å². The van der Waals surface area contributed by atoms with Crippen LogP contribution < -0.4 is 0 Å². The topological polar surface area (TPSA) is 17.1 Å². The van der Waals surface area contributed by atoms with Crippen LogP contribution in [0.4, 0.5) is 0 Å². The monoisotopic (exact) mass is 308 g/mol. The van der Waals surface area contributed by atoms with Crippen molar-refractivity contribution in [1.29, 1.82) is 0 Å². The van der Waals surface area contributed by atoms with E-state index in [9.17, 15) is 4.79 Å². The van der Waals surface area contributed by atoms with Gasteiger partial charge in [0.25, 0.3) is 0 Å². The lowest BCUT2D eigenvalue weighted by atomic mass is 9.88. The minimum atomic E-state index is -0.0356. The van der Waals surface area contributed by atoms with Gasteiger partial charge >= 0.3 is 0 Å². The average molecular weight is 308 g/mol. The zero-order chi connectivity index (χ0) is 16.5. The number of Topliss-reactive ketones (excluding diaryl/α,β-unsaturated/α-hetero) is 1. The molecule has 0 radical (unpaired) electrons. The van der Waals surface area contributed by atoms with Gasteiger partial charge in [0.15, 0.2) is 5.78 Å². The molecule has 122 valence electrons. The molecule has 1 heteroatoms. The van der Waals surface area contributed by atoms with E-state index >= 15 is 0 Å². The van der Waals surface area contributed by atoms with Crippen molar-refractivity contribution in [2.75, 3.05) is 0 Å². The largest absolute Gasteiger partial charge is 0.293 e. The fourth-order valence-corrected chi connectivity index (χ4v) is 3.05. The van der Waals surface area contributed by atoms with Crippen LogP contribution in [0.5, 0.6) is 0 Å². The molecule has 0 aliphatic heterocycles. The van der Waals surface area contributed by atoms with Crippen LogP contribution in [-0.4, -0.2) is 5.78 Å². The van der Waals surface area contributed by atoms with Crippen LogP contribution in [0.3, 0.4) is 0 Å². The van der Waals surface area contributed by atoms with Crippen molar-refractivity contribution in [3.05, 3.63) is 71.3 Å². The van der Waals surface area contributed by atoms with E-state index < -0.39 is 0 Å². The number of aryl methyl sites for hydroxylation is 1. The van der Waals surface area contributed by atoms with Crippen LogP contribution in [0.25, 0.3) is 0 Å². The molecule has 0 bridgehead atoms. The van der Waals surface area contributed by atoms with E-state index in [1.165, 1.54) is 31.2 Å². The third-order valence-corrected chi connectivity index (χ3v) is 4.48. The number of benzene rings is 2. The standard InChI is InChI=1S/C22H28O/c1-3-5-6-8-11-18-14-16-20(17-15-18)22(23)21(4-2)19-12-9-7-10-13-19/h7,9-10,12-17,21H,3-6,8,11H2,1-2H3. The molecule has 0 aliphatic rings. The van der Waals surface area contributed by atoms with Gasteiger partial charge in [-0.15, -0.1) is 0 Å². The Labute approximate surface area is 140 Å². The molecule has 0 saturated heterocycles. The average Bonchev–Trinajstić information content (AvgIpc) is 2.61. The van der Waals surface area contributed by atoms with Crippen molar-refractivity contribution < 1.29 is 4.79 Å². The molecule has 0 saturated carbocycles. The lowest BCUT2D eigenvalue weighted by Gasteiger charge is -2.14. The molecular weight excluding hydrogens is 280 g/mol. The highest BCUT2D eigenvalue weighted by atomic mass is 16.1. The summed E-state index contributed by atoms with van der Waals surface area (Å²) in [5.41, 5.74) is 3.28. The number of rotatable bonds is 9. The number of unbranched alkanes of at least 4 members (excludes halogenated alkanes) is 3. The van der Waals surface area contributed by atoms with Gasteiger partial charge in [0.2, 0.25) is 0 Å². The van der Waals surface area contributed by atoms with Gasteiger partial charge in [-0.1, -0.05) is 87.7 Å². The summed E-state index contributed by atoms with van der Waals surface area (Å²) in [6, 6.07) is 18.4. The highest BCUT2D eigenvalue weighted by molar-refractivity contribution is 6.00. The predicted octanol–water partition coefficient (Wildman–Crippen LogP) is 6.19. The van der Waals surface area contributed by atoms with Crippen molar-refractivity contribution in [3.8, 4) is 0 Å². The number of ketones is 1. The minimum absolute atomic E-state index is 0.0356. The Bertz CT molecular complexity index is 583. The molecule has 0 fully saturated rings. The third-order valence-electron chi connectivity index (χ3n) is 4.48. The van der Waals surface area contributed by atoms with Gasteiger partial charge in [-0.25, -0.2) is 0 Å². The summed E-state index contributed by atoms with van der Waals surface area (Å²) >= 11 is 0. The maximum atomic E-state index is 12.8. The molecule has 2 aromatic carbocycles. The molecule has 0 aliphatic carbocycles. The Hall–Kier alpha value is -1.89. The predicted molar refractivity (Wildman–Crippen MR) is 98.1 cm³/mol. The normalized spacial score (nSPS) is 12.1. The first kappa shape index (κ1) is 17.5. The molecule has 2 aromatic rings. The number of hydrogen-bond donors (Lipinski definition) is 0. The quantitative estimate of drug-likeness (QED) is 0.399. The zero-order valence-electron chi connectivity index (χ0n) is 14.4. The van der Waals surface area contributed by atoms with Crippen molar-refractivity contribution in [1.82, 2.24) is 0 Å². The summed E-state index contributed by atoms with van der Waals surface area (Å²) in [6.45, 7) is 4.31. The maximum absolute atomic E-state index is 12.8. The zero-order valence-corrected chi connectivity index (χ0v) is 14.4. The van der Waals surface area contributed by atoms with E-state index in [-0.39, 0.29) is 11.7 Å². The van der Waals surface area contributed by atoms with Crippen molar-refractivity contribution >= 4 is 5.78 Å². The Morgan fingerprint density at radius 1 is 0.870 bits per heavy atom. The Morgan fingerprint density at radius 2 is 1.57 bits per heavy atom. The van der Waals surface area contributed by atoms with E-state index in [1.807, 2.05) is 42.5 Å². The number of carbonyl (C=O) groups excluding carboxylic acids is 1. The van der Waals surface area contributed by atoms with E-state index in [0.717, 1.165) is 24.0 Å². The molecule has 1 unspecified atom stereocenters. The second-order valence-electron chi connectivity index (χ2n) is 6.24. The summed E-state index contributed by atoms with van der Waals surface area (Å²) in [4.78, 5) is 12.8. The van der Waals surface area contributed by atoms with Gasteiger partial charge in [-0.05, 0) is 30.4 Å². The fraction of sp³-hybridized carbons (Fsp3) is 0.409. The molecule has 1 nitrogen and oxygen atoms in total. The van der Waals surface area contributed by atoms with Crippen LogP contribution in [0.1, 0.15) is 73.4 Å². The number of carbonyl (C=O) groups is 1. The molecule has 0 N–H and O–H groups in total. The van der Waals surface area contributed by atoms with Crippen LogP contribution >= 0.6 is 0 Å². The molecular formula is C22H28O. The maximum Gasteiger partial charge on any atom is 0.170 e. The lowest BCUT2D eigenvalue weighted by Crippen LogP contribution is -2.12. The summed E-state index contributed by atoms with van der Waals surface area (Å²) in [5.74, 6) is 0.197. The van der Waals surface area contributed by atoms with E-state index in [4.69, 9.17) is 0 Å². The van der Waals surface area contributed by atoms with Crippen molar-refractivity contribution in [3.63, 3.8) is 0 Å². The molecule has 1 atom stereocenters. The lowest BCUT2D eigenvalue weighted by molar-refractivity contribution is 0.0957. The first-order valence-corrected chi connectivity index (χ1v) is 8.94. The molecule has 23 heavy (non-hydrogen) atoms. The summed E-state index contributed by atoms with van der Waals surface area (Å²) in [7, 11) is 0. The van der Waals surface area contributed by atoms with Crippen molar-refractivity contribution in [2.45, 2.75) is 58.3 Å². The van der Waals surface area contributed by atoms with Gasteiger partial charge in [0.1, 0.15) is 0 Å². The highest BCUT2D eigenvalue weighted by Gasteiger charge is 2.19.